The van der Waals surface area contributed by atoms with E-state index in [2.05, 4.69) is 0 Å². The van der Waals surface area contributed by atoms with Crippen molar-refractivity contribution in [1.29, 1.82) is 0 Å². The Hall–Kier alpha value is -2.35. The quantitative estimate of drug-likeness (QED) is 0.291. The van der Waals surface area contributed by atoms with Crippen LogP contribution >= 0.6 is 0 Å². The highest BCUT2D eigenvalue weighted by molar-refractivity contribution is 7.87. The minimum atomic E-state index is -4.92. The second kappa shape index (κ2) is 6.58. The lowest BCUT2D eigenvalue weighted by Crippen LogP contribution is -2.07. The van der Waals surface area contributed by atoms with E-state index >= 15 is 0 Å². The zero-order valence-corrected chi connectivity index (χ0v) is 18.5. The number of benzene rings is 4. The van der Waals surface area contributed by atoms with Gasteiger partial charge < -0.3 is 0 Å². The van der Waals surface area contributed by atoms with Crippen molar-refractivity contribution in [2.45, 2.75) is 34.5 Å². The van der Waals surface area contributed by atoms with Gasteiger partial charge in [0.2, 0.25) is 0 Å². The first kappa shape index (κ1) is 21.9. The van der Waals surface area contributed by atoms with Gasteiger partial charge in [-0.1, -0.05) is 38.1 Å². The van der Waals surface area contributed by atoms with Gasteiger partial charge in [0.15, 0.2) is 0 Å². The fourth-order valence-electron chi connectivity index (χ4n) is 4.04. The third kappa shape index (κ3) is 3.35. The summed E-state index contributed by atoms with van der Waals surface area (Å²) in [5, 5.41) is 0.614. The summed E-state index contributed by atoms with van der Waals surface area (Å²) in [6, 6.07) is 7.37. The molecule has 0 aliphatic heterocycles. The van der Waals surface area contributed by atoms with Gasteiger partial charge in [-0.2, -0.15) is 25.3 Å². The van der Waals surface area contributed by atoms with Crippen molar-refractivity contribution >= 4 is 62.7 Å². The highest BCUT2D eigenvalue weighted by Gasteiger charge is 2.28. The number of rotatable bonds is 4. The van der Waals surface area contributed by atoms with Crippen LogP contribution in [0.2, 0.25) is 0 Å². The zero-order valence-electron chi connectivity index (χ0n) is 16.1. The molecule has 0 saturated carbocycles. The molecule has 9 nitrogen and oxygen atoms in total. The average Bonchev–Trinajstić information content (AvgIpc) is 2.62. The van der Waals surface area contributed by atoms with Crippen molar-refractivity contribution in [3.05, 3.63) is 42.0 Å². The van der Waals surface area contributed by atoms with Gasteiger partial charge in [-0.25, -0.2) is 0 Å². The lowest BCUT2D eigenvalue weighted by atomic mass is 9.88. The molecule has 0 fully saturated rings. The molecule has 0 aromatic heterocycles. The Bertz CT molecular complexity index is 1670. The van der Waals surface area contributed by atoms with E-state index in [-0.39, 0.29) is 32.8 Å². The van der Waals surface area contributed by atoms with E-state index in [4.69, 9.17) is 0 Å². The summed E-state index contributed by atoms with van der Waals surface area (Å²) in [5.41, 5.74) is 0.514. The Morgan fingerprint density at radius 3 is 1.26 bits per heavy atom. The Morgan fingerprint density at radius 1 is 0.581 bits per heavy atom. The van der Waals surface area contributed by atoms with Gasteiger partial charge >= 0.3 is 0 Å². The maximum atomic E-state index is 12.1. The van der Waals surface area contributed by atoms with Crippen molar-refractivity contribution in [2.24, 2.45) is 0 Å². The molecular formula is C19H16O9S3. The van der Waals surface area contributed by atoms with E-state index in [1.807, 2.05) is 0 Å². The van der Waals surface area contributed by atoms with Crippen LogP contribution in [0.4, 0.5) is 0 Å². The molecule has 0 radical (unpaired) electrons. The van der Waals surface area contributed by atoms with Crippen LogP contribution < -0.4 is 0 Å². The van der Waals surface area contributed by atoms with Gasteiger partial charge in [0, 0.05) is 21.5 Å². The second-order valence-electron chi connectivity index (χ2n) is 7.49. The van der Waals surface area contributed by atoms with Gasteiger partial charge in [-0.3, -0.25) is 13.7 Å². The predicted molar refractivity (Wildman–Crippen MR) is 114 cm³/mol. The van der Waals surface area contributed by atoms with E-state index in [9.17, 15) is 38.9 Å². The smallest absolute Gasteiger partial charge is 0.282 e. The van der Waals surface area contributed by atoms with Gasteiger partial charge in [0.05, 0.1) is 0 Å². The first-order chi connectivity index (χ1) is 14.1. The van der Waals surface area contributed by atoms with Gasteiger partial charge in [-0.15, -0.1) is 0 Å². The van der Waals surface area contributed by atoms with Gasteiger partial charge in [0.25, 0.3) is 30.4 Å². The predicted octanol–water partition coefficient (Wildman–Crippen LogP) is 3.45. The van der Waals surface area contributed by atoms with Crippen LogP contribution in [0.5, 0.6) is 0 Å². The van der Waals surface area contributed by atoms with Crippen molar-refractivity contribution < 1.29 is 38.9 Å². The van der Waals surface area contributed by atoms with Crippen molar-refractivity contribution in [2.75, 3.05) is 0 Å². The normalized spacial score (nSPS) is 13.7. The minimum absolute atomic E-state index is 0.0187. The molecule has 0 aliphatic rings. The van der Waals surface area contributed by atoms with E-state index in [0.29, 0.717) is 17.0 Å². The van der Waals surface area contributed by atoms with E-state index in [1.165, 1.54) is 30.3 Å². The molecule has 164 valence electrons. The lowest BCUT2D eigenvalue weighted by Gasteiger charge is -2.19. The van der Waals surface area contributed by atoms with E-state index in [0.717, 1.165) is 0 Å². The summed E-state index contributed by atoms with van der Waals surface area (Å²) in [4.78, 5) is -1.94. The molecule has 0 heterocycles. The highest BCUT2D eigenvalue weighted by Crippen LogP contribution is 2.44. The third-order valence-corrected chi connectivity index (χ3v) is 7.95. The maximum absolute atomic E-state index is 12.1. The van der Waals surface area contributed by atoms with Crippen molar-refractivity contribution in [1.82, 2.24) is 0 Å². The van der Waals surface area contributed by atoms with E-state index in [1.54, 1.807) is 13.8 Å². The molecule has 12 heteroatoms. The van der Waals surface area contributed by atoms with Crippen LogP contribution in [0.3, 0.4) is 0 Å². The first-order valence-corrected chi connectivity index (χ1v) is 13.1. The number of hydrogen-bond donors (Lipinski definition) is 3. The molecule has 4 rings (SSSR count). The Labute approximate surface area is 177 Å². The summed E-state index contributed by atoms with van der Waals surface area (Å²) < 4.78 is 101. The van der Waals surface area contributed by atoms with Gasteiger partial charge in [-0.05, 0) is 34.4 Å². The number of hydrogen-bond acceptors (Lipinski definition) is 6. The Kier molecular flexibility index (Phi) is 4.64. The van der Waals surface area contributed by atoms with Gasteiger partial charge in [0.1, 0.15) is 14.7 Å². The van der Waals surface area contributed by atoms with Crippen LogP contribution in [0.1, 0.15) is 25.3 Å². The molecule has 0 atom stereocenters. The third-order valence-electron chi connectivity index (χ3n) is 5.27. The van der Waals surface area contributed by atoms with Crippen LogP contribution in [0.15, 0.2) is 51.1 Å². The minimum Gasteiger partial charge on any atom is -0.282 e. The summed E-state index contributed by atoms with van der Waals surface area (Å²) in [7, 11) is -14.5. The van der Waals surface area contributed by atoms with E-state index < -0.39 is 45.0 Å². The fraction of sp³-hybridized carbons (Fsp3) is 0.158. The zero-order chi connectivity index (χ0) is 23.1. The second-order valence-corrected chi connectivity index (χ2v) is 11.7. The molecule has 3 N–H and O–H groups in total. The molecule has 0 unspecified atom stereocenters. The Morgan fingerprint density at radius 2 is 0.903 bits per heavy atom. The summed E-state index contributed by atoms with van der Waals surface area (Å²) >= 11 is 0. The SMILES string of the molecule is CC(C)c1cc(S(=O)(=O)O)c2ccc3c(S(=O)(=O)O)cc(S(=O)(=O)O)c4ccc1c2c43. The highest BCUT2D eigenvalue weighted by atomic mass is 32.2. The largest absolute Gasteiger partial charge is 0.295 e. The average molecular weight is 485 g/mol. The summed E-state index contributed by atoms with van der Waals surface area (Å²) in [5.74, 6) is -0.216. The Balaban J connectivity index is 2.47. The van der Waals surface area contributed by atoms with Crippen LogP contribution in [0.25, 0.3) is 32.3 Å². The summed E-state index contributed by atoms with van der Waals surface area (Å²) in [6.45, 7) is 3.57. The molecule has 0 bridgehead atoms. The topological polar surface area (TPSA) is 163 Å². The van der Waals surface area contributed by atoms with Crippen LogP contribution in [-0.2, 0) is 30.4 Å². The molecule has 4 aromatic rings. The summed E-state index contributed by atoms with van der Waals surface area (Å²) in [6.07, 6.45) is 0. The van der Waals surface area contributed by atoms with Crippen LogP contribution in [-0.4, -0.2) is 38.9 Å². The molecule has 0 spiro atoms. The lowest BCUT2D eigenvalue weighted by molar-refractivity contribution is 0.480. The van der Waals surface area contributed by atoms with Crippen molar-refractivity contribution in [3.63, 3.8) is 0 Å². The fourth-order valence-corrected chi connectivity index (χ4v) is 6.27. The molecule has 0 saturated heterocycles. The van der Waals surface area contributed by atoms with Crippen LogP contribution in [0, 0.1) is 0 Å². The molecule has 0 amide bonds. The maximum Gasteiger partial charge on any atom is 0.295 e. The van der Waals surface area contributed by atoms with Crippen molar-refractivity contribution in [3.8, 4) is 0 Å². The molecular weight excluding hydrogens is 468 g/mol. The molecule has 0 aliphatic carbocycles. The molecule has 31 heavy (non-hydrogen) atoms. The standard InChI is InChI=1S/C19H16O9S3/c1-9(2)14-7-15(29(20,21)22)11-5-6-13-17(31(26,27)28)8-16(30(23,24)25)12-4-3-10(14)18(11)19(12)13/h3-9H,1-2H3,(H,20,21,22)(H,23,24,25)(H,26,27,28). The first-order valence-electron chi connectivity index (χ1n) is 8.83. The molecule has 4 aromatic carbocycles. The monoisotopic (exact) mass is 484 g/mol.